The quantitative estimate of drug-likeness (QED) is 0.797. The summed E-state index contributed by atoms with van der Waals surface area (Å²) in [7, 11) is 0. The molecule has 1 unspecified atom stereocenters. The molecule has 0 saturated heterocycles. The molecule has 2 rings (SSSR count). The van der Waals surface area contributed by atoms with Crippen LogP contribution in [0.15, 0.2) is 30.6 Å². The Balaban J connectivity index is 2.12. The second kappa shape index (κ2) is 5.10. The van der Waals surface area contributed by atoms with Crippen molar-refractivity contribution >= 4 is 17.5 Å². The van der Waals surface area contributed by atoms with Gasteiger partial charge in [-0.05, 0) is 25.1 Å². The van der Waals surface area contributed by atoms with E-state index in [1.807, 2.05) is 0 Å². The number of H-pyrrole nitrogens is 1. The minimum Gasteiger partial charge on any atom is -0.507 e. The van der Waals surface area contributed by atoms with Crippen LogP contribution in [0.1, 0.15) is 29.1 Å². The number of hydrogen-bond donors (Lipinski definition) is 3. The smallest absolute Gasteiger partial charge is 0.255 e. The molecule has 0 saturated carbocycles. The summed E-state index contributed by atoms with van der Waals surface area (Å²) < 4.78 is 0. The first-order valence-electron chi connectivity index (χ1n) is 5.36. The molecule has 2 aromatic rings. The second-order valence-corrected chi connectivity index (χ2v) is 4.27. The van der Waals surface area contributed by atoms with Gasteiger partial charge in [0.15, 0.2) is 0 Å². The van der Waals surface area contributed by atoms with Gasteiger partial charge in [0.1, 0.15) is 11.6 Å². The van der Waals surface area contributed by atoms with Crippen molar-refractivity contribution in [3.63, 3.8) is 0 Å². The van der Waals surface area contributed by atoms with E-state index in [-0.39, 0.29) is 23.3 Å². The van der Waals surface area contributed by atoms with Crippen LogP contribution in [0, 0.1) is 0 Å². The van der Waals surface area contributed by atoms with Crippen LogP contribution in [-0.2, 0) is 0 Å². The highest BCUT2D eigenvalue weighted by Crippen LogP contribution is 2.22. The Morgan fingerprint density at radius 2 is 2.33 bits per heavy atom. The molecular formula is C12H12ClN3O2. The highest BCUT2D eigenvalue weighted by molar-refractivity contribution is 6.30. The number of aromatic amines is 1. The molecule has 6 heteroatoms. The van der Waals surface area contributed by atoms with Gasteiger partial charge in [0.05, 0.1) is 11.6 Å². The number of benzene rings is 1. The van der Waals surface area contributed by atoms with E-state index in [1.54, 1.807) is 25.4 Å². The Morgan fingerprint density at radius 1 is 1.56 bits per heavy atom. The zero-order valence-corrected chi connectivity index (χ0v) is 10.4. The molecule has 94 valence electrons. The predicted octanol–water partition coefficient (Wildman–Crippen LogP) is 2.26. The highest BCUT2D eigenvalue weighted by atomic mass is 35.5. The van der Waals surface area contributed by atoms with Gasteiger partial charge in [0.25, 0.3) is 5.91 Å². The minimum atomic E-state index is -0.381. The fourth-order valence-corrected chi connectivity index (χ4v) is 1.72. The number of halogens is 1. The maximum absolute atomic E-state index is 11.9. The molecule has 1 aromatic carbocycles. The molecule has 5 nitrogen and oxygen atoms in total. The van der Waals surface area contributed by atoms with Crippen molar-refractivity contribution in [2.45, 2.75) is 13.0 Å². The molecule has 1 amide bonds. The molecule has 0 radical (unpaired) electrons. The zero-order valence-electron chi connectivity index (χ0n) is 9.64. The highest BCUT2D eigenvalue weighted by Gasteiger charge is 2.15. The monoisotopic (exact) mass is 265 g/mol. The van der Waals surface area contributed by atoms with Crippen LogP contribution in [0.5, 0.6) is 5.75 Å². The van der Waals surface area contributed by atoms with Gasteiger partial charge in [-0.3, -0.25) is 4.79 Å². The normalized spacial score (nSPS) is 12.1. The molecule has 0 bridgehead atoms. The van der Waals surface area contributed by atoms with Crippen molar-refractivity contribution in [3.8, 4) is 5.75 Å². The lowest BCUT2D eigenvalue weighted by molar-refractivity contribution is 0.0936. The molecule has 0 spiro atoms. The first-order chi connectivity index (χ1) is 8.58. The lowest BCUT2D eigenvalue weighted by Crippen LogP contribution is -2.27. The summed E-state index contributed by atoms with van der Waals surface area (Å²) in [6.07, 6.45) is 3.29. The summed E-state index contributed by atoms with van der Waals surface area (Å²) >= 11 is 5.70. The second-order valence-electron chi connectivity index (χ2n) is 3.83. The average molecular weight is 266 g/mol. The molecule has 0 fully saturated rings. The van der Waals surface area contributed by atoms with E-state index in [1.165, 1.54) is 12.1 Å². The number of rotatable bonds is 3. The van der Waals surface area contributed by atoms with Crippen molar-refractivity contribution in [3.05, 3.63) is 47.0 Å². The van der Waals surface area contributed by atoms with Crippen molar-refractivity contribution in [1.29, 1.82) is 0 Å². The van der Waals surface area contributed by atoms with Crippen LogP contribution in [0.2, 0.25) is 5.02 Å². The summed E-state index contributed by atoms with van der Waals surface area (Å²) in [5.74, 6) is 0.122. The first kappa shape index (κ1) is 12.4. The number of phenolic OH excluding ortho intramolecular Hbond substituents is 1. The number of hydrogen-bond acceptors (Lipinski definition) is 3. The largest absolute Gasteiger partial charge is 0.507 e. The van der Waals surface area contributed by atoms with E-state index < -0.39 is 0 Å². The topological polar surface area (TPSA) is 78.0 Å². The number of nitrogens with zero attached hydrogens (tertiary/aromatic N) is 1. The van der Waals surface area contributed by atoms with Gasteiger partial charge in [0.2, 0.25) is 0 Å². The summed E-state index contributed by atoms with van der Waals surface area (Å²) in [4.78, 5) is 18.9. The molecule has 18 heavy (non-hydrogen) atoms. The van der Waals surface area contributed by atoms with E-state index in [4.69, 9.17) is 11.6 Å². The lowest BCUT2D eigenvalue weighted by Gasteiger charge is -2.12. The van der Waals surface area contributed by atoms with E-state index in [2.05, 4.69) is 15.3 Å². The average Bonchev–Trinajstić information content (AvgIpc) is 2.81. The standard InChI is InChI=1S/C12H12ClN3O2/c1-7(11-14-4-5-15-11)16-12(18)9-3-2-8(13)6-10(9)17/h2-7,17H,1H3,(H,14,15)(H,16,18). The van der Waals surface area contributed by atoms with Gasteiger partial charge >= 0.3 is 0 Å². The Morgan fingerprint density at radius 3 is 2.94 bits per heavy atom. The number of nitrogens with one attached hydrogen (secondary N) is 2. The van der Waals surface area contributed by atoms with Gasteiger partial charge < -0.3 is 15.4 Å². The molecular weight excluding hydrogens is 254 g/mol. The third-order valence-electron chi connectivity index (χ3n) is 2.48. The van der Waals surface area contributed by atoms with Crippen LogP contribution in [0.25, 0.3) is 0 Å². The Labute approximate surface area is 109 Å². The van der Waals surface area contributed by atoms with Gasteiger partial charge in [-0.1, -0.05) is 11.6 Å². The minimum absolute atomic E-state index is 0.147. The summed E-state index contributed by atoms with van der Waals surface area (Å²) in [6, 6.07) is 4.08. The van der Waals surface area contributed by atoms with Crippen molar-refractivity contribution in [2.75, 3.05) is 0 Å². The Kier molecular flexibility index (Phi) is 3.53. The molecule has 1 atom stereocenters. The van der Waals surface area contributed by atoms with Gasteiger partial charge in [-0.25, -0.2) is 4.98 Å². The first-order valence-corrected chi connectivity index (χ1v) is 5.74. The van der Waals surface area contributed by atoms with Crippen LogP contribution >= 0.6 is 11.6 Å². The van der Waals surface area contributed by atoms with Crippen LogP contribution < -0.4 is 5.32 Å². The molecule has 0 aliphatic rings. The van der Waals surface area contributed by atoms with Crippen molar-refractivity contribution in [2.24, 2.45) is 0 Å². The fraction of sp³-hybridized carbons (Fsp3) is 0.167. The van der Waals surface area contributed by atoms with Crippen LogP contribution in [0.3, 0.4) is 0 Å². The molecule has 1 aromatic heterocycles. The molecule has 3 N–H and O–H groups in total. The molecule has 0 aliphatic heterocycles. The van der Waals surface area contributed by atoms with E-state index >= 15 is 0 Å². The predicted molar refractivity (Wildman–Crippen MR) is 67.6 cm³/mol. The van der Waals surface area contributed by atoms with Crippen LogP contribution in [0.4, 0.5) is 0 Å². The van der Waals surface area contributed by atoms with Gasteiger partial charge in [-0.2, -0.15) is 0 Å². The zero-order chi connectivity index (χ0) is 13.1. The number of carbonyl (C=O) groups excluding carboxylic acids is 1. The fourth-order valence-electron chi connectivity index (χ4n) is 1.55. The van der Waals surface area contributed by atoms with Crippen molar-refractivity contribution in [1.82, 2.24) is 15.3 Å². The Bertz CT molecular complexity index is 554. The summed E-state index contributed by atoms with van der Waals surface area (Å²) in [5.41, 5.74) is 0.179. The third-order valence-corrected chi connectivity index (χ3v) is 2.72. The van der Waals surface area contributed by atoms with Gasteiger partial charge in [-0.15, -0.1) is 0 Å². The van der Waals surface area contributed by atoms with Crippen molar-refractivity contribution < 1.29 is 9.90 Å². The van der Waals surface area contributed by atoms with E-state index in [0.29, 0.717) is 10.8 Å². The summed E-state index contributed by atoms with van der Waals surface area (Å²) in [5, 5.41) is 12.7. The number of imidazole rings is 1. The number of carbonyl (C=O) groups is 1. The summed E-state index contributed by atoms with van der Waals surface area (Å²) in [6.45, 7) is 1.80. The van der Waals surface area contributed by atoms with E-state index in [0.717, 1.165) is 0 Å². The lowest BCUT2D eigenvalue weighted by atomic mass is 10.1. The van der Waals surface area contributed by atoms with E-state index in [9.17, 15) is 9.90 Å². The SMILES string of the molecule is CC(NC(=O)c1ccc(Cl)cc1O)c1ncc[nH]1. The maximum Gasteiger partial charge on any atom is 0.255 e. The van der Waals surface area contributed by atoms with Gasteiger partial charge in [0, 0.05) is 17.4 Å². The number of aromatic nitrogens is 2. The number of amides is 1. The maximum atomic E-state index is 11.9. The molecule has 0 aliphatic carbocycles. The number of aromatic hydroxyl groups is 1. The van der Waals surface area contributed by atoms with Crippen LogP contribution in [-0.4, -0.2) is 21.0 Å². The molecule has 1 heterocycles. The third kappa shape index (κ3) is 2.62. The number of phenols is 1. The Hall–Kier alpha value is -2.01.